The normalized spacial score (nSPS) is 18.6. The molecule has 0 atom stereocenters. The Balaban J connectivity index is 2.09. The molecule has 1 aromatic heterocycles. The Kier molecular flexibility index (Phi) is 3.19. The zero-order chi connectivity index (χ0) is 9.80. The summed E-state index contributed by atoms with van der Waals surface area (Å²) in [4.78, 5) is 7.66. The van der Waals surface area contributed by atoms with Crippen molar-refractivity contribution in [3.8, 4) is 0 Å². The second-order valence-corrected chi connectivity index (χ2v) is 4.14. The summed E-state index contributed by atoms with van der Waals surface area (Å²) in [5.74, 6) is 0.691. The first-order valence-electron chi connectivity index (χ1n) is 5.64. The van der Waals surface area contributed by atoms with E-state index in [4.69, 9.17) is 5.73 Å². The van der Waals surface area contributed by atoms with Gasteiger partial charge in [-0.2, -0.15) is 0 Å². The quantitative estimate of drug-likeness (QED) is 0.771. The first kappa shape index (κ1) is 9.71. The van der Waals surface area contributed by atoms with Gasteiger partial charge in [0.2, 0.25) is 0 Å². The van der Waals surface area contributed by atoms with Gasteiger partial charge >= 0.3 is 0 Å². The van der Waals surface area contributed by atoms with E-state index in [9.17, 15) is 0 Å². The fourth-order valence-corrected chi connectivity index (χ4v) is 2.40. The molecule has 1 aliphatic rings. The van der Waals surface area contributed by atoms with Crippen LogP contribution in [0.4, 0.5) is 0 Å². The summed E-state index contributed by atoms with van der Waals surface area (Å²) in [7, 11) is 0. The van der Waals surface area contributed by atoms with Crippen LogP contribution in [0.5, 0.6) is 0 Å². The number of rotatable bonds is 3. The Bertz CT molecular complexity index is 274. The summed E-state index contributed by atoms with van der Waals surface area (Å²) in [6, 6.07) is 0. The minimum atomic E-state index is 0.691. The predicted molar refractivity (Wildman–Crippen MR) is 57.2 cm³/mol. The highest BCUT2D eigenvalue weighted by Crippen LogP contribution is 2.32. The standard InChI is InChI=1S/C11H19N3/c12-7-6-10-11(14-8-13-10)9-4-2-1-3-5-9/h8-9H,1-7,12H2,(H,13,14). The fraction of sp³-hybridized carbons (Fsp3) is 0.727. The number of nitrogens with one attached hydrogen (secondary N) is 1. The molecule has 14 heavy (non-hydrogen) atoms. The highest BCUT2D eigenvalue weighted by atomic mass is 14.9. The average molecular weight is 193 g/mol. The van der Waals surface area contributed by atoms with Crippen LogP contribution in [0.15, 0.2) is 6.33 Å². The van der Waals surface area contributed by atoms with Crippen LogP contribution in [-0.4, -0.2) is 16.5 Å². The van der Waals surface area contributed by atoms with Crippen molar-refractivity contribution in [2.45, 2.75) is 44.4 Å². The van der Waals surface area contributed by atoms with Crippen LogP contribution in [0.1, 0.15) is 49.4 Å². The molecule has 3 N–H and O–H groups in total. The lowest BCUT2D eigenvalue weighted by Crippen LogP contribution is -2.10. The predicted octanol–water partition coefficient (Wildman–Crippen LogP) is 1.96. The number of nitrogens with zero attached hydrogens (tertiary/aromatic N) is 1. The summed E-state index contributed by atoms with van der Waals surface area (Å²) < 4.78 is 0. The molecule has 0 unspecified atom stereocenters. The molecule has 0 saturated heterocycles. The van der Waals surface area contributed by atoms with Gasteiger partial charge in [0.15, 0.2) is 0 Å². The van der Waals surface area contributed by atoms with Crippen LogP contribution in [0, 0.1) is 0 Å². The highest BCUT2D eigenvalue weighted by molar-refractivity contribution is 5.17. The maximum absolute atomic E-state index is 5.57. The smallest absolute Gasteiger partial charge is 0.0925 e. The summed E-state index contributed by atoms with van der Waals surface area (Å²) in [6.45, 7) is 0.710. The van der Waals surface area contributed by atoms with Gasteiger partial charge in [0.1, 0.15) is 0 Å². The van der Waals surface area contributed by atoms with Gasteiger partial charge in [-0.25, -0.2) is 4.98 Å². The first-order chi connectivity index (χ1) is 6.92. The number of H-pyrrole nitrogens is 1. The molecule has 1 fully saturated rings. The molecule has 0 bridgehead atoms. The molecule has 3 nitrogen and oxygen atoms in total. The molecule has 0 aromatic carbocycles. The van der Waals surface area contributed by atoms with Crippen molar-refractivity contribution < 1.29 is 0 Å². The zero-order valence-electron chi connectivity index (χ0n) is 8.63. The van der Waals surface area contributed by atoms with Crippen molar-refractivity contribution in [1.82, 2.24) is 9.97 Å². The number of aromatic nitrogens is 2. The van der Waals surface area contributed by atoms with Crippen molar-refractivity contribution in [1.29, 1.82) is 0 Å². The van der Waals surface area contributed by atoms with Crippen LogP contribution >= 0.6 is 0 Å². The lowest BCUT2D eigenvalue weighted by atomic mass is 9.86. The van der Waals surface area contributed by atoms with Gasteiger partial charge in [-0.1, -0.05) is 19.3 Å². The first-order valence-corrected chi connectivity index (χ1v) is 5.64. The number of aromatic amines is 1. The molecular formula is C11H19N3. The van der Waals surface area contributed by atoms with Crippen LogP contribution in [0.3, 0.4) is 0 Å². The summed E-state index contributed by atoms with van der Waals surface area (Å²) >= 11 is 0. The van der Waals surface area contributed by atoms with E-state index in [0.29, 0.717) is 12.5 Å². The van der Waals surface area contributed by atoms with Gasteiger partial charge < -0.3 is 10.7 Å². The number of imidazole rings is 1. The number of nitrogens with two attached hydrogens (primary N) is 1. The van der Waals surface area contributed by atoms with E-state index >= 15 is 0 Å². The van der Waals surface area contributed by atoms with Gasteiger partial charge in [0.05, 0.1) is 12.0 Å². The lowest BCUT2D eigenvalue weighted by molar-refractivity contribution is 0.435. The summed E-state index contributed by atoms with van der Waals surface area (Å²) in [5.41, 5.74) is 8.12. The third-order valence-corrected chi connectivity index (χ3v) is 3.14. The van der Waals surface area contributed by atoms with Crippen LogP contribution < -0.4 is 5.73 Å². The Morgan fingerprint density at radius 3 is 2.86 bits per heavy atom. The molecular weight excluding hydrogens is 174 g/mol. The molecule has 1 aliphatic carbocycles. The SMILES string of the molecule is NCCc1[nH]cnc1C1CCCCC1. The molecule has 3 heteroatoms. The molecule has 0 aliphatic heterocycles. The Hall–Kier alpha value is -0.830. The van der Waals surface area contributed by atoms with E-state index in [0.717, 1.165) is 6.42 Å². The minimum Gasteiger partial charge on any atom is -0.348 e. The third kappa shape index (κ3) is 1.98. The fourth-order valence-electron chi connectivity index (χ4n) is 2.40. The van der Waals surface area contributed by atoms with Gasteiger partial charge in [0, 0.05) is 18.0 Å². The van der Waals surface area contributed by atoms with Gasteiger partial charge in [-0.05, 0) is 19.4 Å². The maximum Gasteiger partial charge on any atom is 0.0925 e. The van der Waals surface area contributed by atoms with Crippen molar-refractivity contribution >= 4 is 0 Å². The molecule has 1 saturated carbocycles. The van der Waals surface area contributed by atoms with Crippen LogP contribution in [0.2, 0.25) is 0 Å². The zero-order valence-corrected chi connectivity index (χ0v) is 8.63. The molecule has 2 rings (SSSR count). The monoisotopic (exact) mass is 193 g/mol. The van der Waals surface area contributed by atoms with Crippen molar-refractivity contribution in [3.05, 3.63) is 17.7 Å². The van der Waals surface area contributed by atoms with Crippen LogP contribution in [-0.2, 0) is 6.42 Å². The van der Waals surface area contributed by atoms with Crippen molar-refractivity contribution in [2.24, 2.45) is 5.73 Å². The van der Waals surface area contributed by atoms with E-state index in [1.54, 1.807) is 0 Å². The van der Waals surface area contributed by atoms with Gasteiger partial charge in [-0.3, -0.25) is 0 Å². The molecule has 0 spiro atoms. The highest BCUT2D eigenvalue weighted by Gasteiger charge is 2.19. The third-order valence-electron chi connectivity index (χ3n) is 3.14. The Morgan fingerprint density at radius 1 is 1.36 bits per heavy atom. The molecule has 1 aromatic rings. The van der Waals surface area contributed by atoms with Crippen molar-refractivity contribution in [3.63, 3.8) is 0 Å². The second kappa shape index (κ2) is 4.60. The summed E-state index contributed by atoms with van der Waals surface area (Å²) in [5, 5.41) is 0. The maximum atomic E-state index is 5.57. The van der Waals surface area contributed by atoms with E-state index < -0.39 is 0 Å². The van der Waals surface area contributed by atoms with E-state index in [2.05, 4.69) is 9.97 Å². The topological polar surface area (TPSA) is 54.7 Å². The molecule has 0 radical (unpaired) electrons. The number of hydrogen-bond donors (Lipinski definition) is 2. The van der Waals surface area contributed by atoms with Gasteiger partial charge in [-0.15, -0.1) is 0 Å². The molecule has 78 valence electrons. The van der Waals surface area contributed by atoms with E-state index in [1.807, 2.05) is 6.33 Å². The van der Waals surface area contributed by atoms with E-state index in [1.165, 1.54) is 43.5 Å². The second-order valence-electron chi connectivity index (χ2n) is 4.14. The van der Waals surface area contributed by atoms with Crippen molar-refractivity contribution in [2.75, 3.05) is 6.54 Å². The Labute approximate surface area is 85.1 Å². The Morgan fingerprint density at radius 2 is 2.14 bits per heavy atom. The van der Waals surface area contributed by atoms with Crippen LogP contribution in [0.25, 0.3) is 0 Å². The number of hydrogen-bond acceptors (Lipinski definition) is 2. The lowest BCUT2D eigenvalue weighted by Gasteiger charge is -2.20. The molecule has 1 heterocycles. The summed E-state index contributed by atoms with van der Waals surface area (Å²) in [6.07, 6.45) is 9.48. The average Bonchev–Trinajstić information content (AvgIpc) is 2.68. The minimum absolute atomic E-state index is 0.691. The van der Waals surface area contributed by atoms with E-state index in [-0.39, 0.29) is 0 Å². The van der Waals surface area contributed by atoms with Gasteiger partial charge in [0.25, 0.3) is 0 Å². The molecule has 0 amide bonds. The largest absolute Gasteiger partial charge is 0.348 e.